The van der Waals surface area contributed by atoms with Crippen molar-refractivity contribution in [2.75, 3.05) is 30.7 Å². The number of hydrogen-bond acceptors (Lipinski definition) is 5. The van der Waals surface area contributed by atoms with Crippen LogP contribution < -0.4 is 16.4 Å². The highest BCUT2D eigenvalue weighted by molar-refractivity contribution is 5.80. The van der Waals surface area contributed by atoms with Gasteiger partial charge in [0, 0.05) is 6.54 Å². The number of nitrogens with two attached hydrogens (primary N) is 1. The first kappa shape index (κ1) is 27.4. The summed E-state index contributed by atoms with van der Waals surface area (Å²) in [5.74, 6) is -1.34. The Morgan fingerprint density at radius 1 is 1.03 bits per heavy atom. The molecule has 0 radical (unpaired) electrons. The summed E-state index contributed by atoms with van der Waals surface area (Å²) >= 11 is 0. The van der Waals surface area contributed by atoms with Gasteiger partial charge < -0.3 is 21.5 Å². The number of halogens is 1. The predicted molar refractivity (Wildman–Crippen MR) is 139 cm³/mol. The normalized spacial score (nSPS) is 10.6. The van der Waals surface area contributed by atoms with E-state index in [2.05, 4.69) is 10.6 Å². The van der Waals surface area contributed by atoms with Crippen molar-refractivity contribution in [1.82, 2.24) is 5.32 Å². The number of anilines is 2. The van der Waals surface area contributed by atoms with E-state index in [1.807, 2.05) is 66.7 Å². The SMILES string of the molecule is CC(C)(C(=O)O)c1cccc(CCNCCCNc2cc(F)cc(C#N)c2N)c1.c1ccccc1. The Bertz CT molecular complexity index is 1100. The summed E-state index contributed by atoms with van der Waals surface area (Å²) in [6, 6.07) is 23.9. The monoisotopic (exact) mass is 476 g/mol. The lowest BCUT2D eigenvalue weighted by Gasteiger charge is -2.20. The Labute approximate surface area is 206 Å². The van der Waals surface area contributed by atoms with Crippen LogP contribution >= 0.6 is 0 Å². The number of nitriles is 1. The number of rotatable bonds is 10. The maximum absolute atomic E-state index is 13.5. The molecule has 35 heavy (non-hydrogen) atoms. The molecule has 3 aromatic rings. The van der Waals surface area contributed by atoms with Gasteiger partial charge in [-0.2, -0.15) is 5.26 Å². The van der Waals surface area contributed by atoms with E-state index in [1.54, 1.807) is 13.8 Å². The van der Waals surface area contributed by atoms with Crippen molar-refractivity contribution in [3.63, 3.8) is 0 Å². The second-order valence-electron chi connectivity index (χ2n) is 8.59. The van der Waals surface area contributed by atoms with Crippen molar-refractivity contribution < 1.29 is 14.3 Å². The van der Waals surface area contributed by atoms with Crippen LogP contribution in [0.2, 0.25) is 0 Å². The van der Waals surface area contributed by atoms with Crippen LogP contribution in [0.25, 0.3) is 0 Å². The van der Waals surface area contributed by atoms with Crippen LogP contribution in [0, 0.1) is 17.1 Å². The molecule has 0 aliphatic rings. The van der Waals surface area contributed by atoms with Crippen LogP contribution in [0.3, 0.4) is 0 Å². The molecule has 0 aromatic heterocycles. The molecule has 0 saturated heterocycles. The van der Waals surface area contributed by atoms with Gasteiger partial charge in [-0.15, -0.1) is 0 Å². The van der Waals surface area contributed by atoms with E-state index in [1.165, 1.54) is 6.07 Å². The smallest absolute Gasteiger partial charge is 0.313 e. The molecule has 6 nitrogen and oxygen atoms in total. The minimum Gasteiger partial charge on any atom is -0.481 e. The van der Waals surface area contributed by atoms with Crippen LogP contribution in [-0.2, 0) is 16.6 Å². The minimum atomic E-state index is -0.917. The highest BCUT2D eigenvalue weighted by Crippen LogP contribution is 2.25. The molecule has 0 amide bonds. The van der Waals surface area contributed by atoms with Gasteiger partial charge in [0.15, 0.2) is 0 Å². The lowest BCUT2D eigenvalue weighted by Crippen LogP contribution is -2.28. The van der Waals surface area contributed by atoms with E-state index in [9.17, 15) is 14.3 Å². The Morgan fingerprint density at radius 2 is 1.69 bits per heavy atom. The first-order valence-electron chi connectivity index (χ1n) is 11.5. The second-order valence-corrected chi connectivity index (χ2v) is 8.59. The summed E-state index contributed by atoms with van der Waals surface area (Å²) in [6.07, 6.45) is 1.59. The van der Waals surface area contributed by atoms with Gasteiger partial charge in [-0.25, -0.2) is 4.39 Å². The highest BCUT2D eigenvalue weighted by atomic mass is 19.1. The Balaban J connectivity index is 0.000000625. The zero-order chi connectivity index (χ0) is 25.7. The molecule has 0 spiro atoms. The van der Waals surface area contributed by atoms with Crippen LogP contribution in [0.5, 0.6) is 0 Å². The molecular formula is C28H33FN4O2. The first-order valence-corrected chi connectivity index (χ1v) is 11.5. The van der Waals surface area contributed by atoms with Crippen molar-refractivity contribution in [3.05, 3.63) is 95.3 Å². The topological polar surface area (TPSA) is 111 Å². The first-order chi connectivity index (χ1) is 16.8. The zero-order valence-electron chi connectivity index (χ0n) is 20.2. The number of nitrogens with one attached hydrogen (secondary N) is 2. The largest absolute Gasteiger partial charge is 0.481 e. The number of carboxylic acid groups (broad SMARTS) is 1. The fourth-order valence-corrected chi connectivity index (χ4v) is 3.27. The Kier molecular flexibility index (Phi) is 10.7. The number of carbonyl (C=O) groups is 1. The summed E-state index contributed by atoms with van der Waals surface area (Å²) in [5, 5.41) is 24.7. The van der Waals surface area contributed by atoms with Gasteiger partial charge >= 0.3 is 5.97 Å². The van der Waals surface area contributed by atoms with Crippen LogP contribution in [0.1, 0.15) is 37.0 Å². The van der Waals surface area contributed by atoms with Gasteiger partial charge in [0.25, 0.3) is 0 Å². The number of nitrogens with zero attached hydrogens (tertiary/aromatic N) is 1. The van der Waals surface area contributed by atoms with E-state index in [0.717, 1.165) is 43.1 Å². The summed E-state index contributed by atoms with van der Waals surface area (Å²) < 4.78 is 13.5. The summed E-state index contributed by atoms with van der Waals surface area (Å²) in [6.45, 7) is 5.51. The van der Waals surface area contributed by atoms with E-state index in [4.69, 9.17) is 11.0 Å². The molecule has 3 rings (SSSR count). The van der Waals surface area contributed by atoms with Gasteiger partial charge in [-0.1, -0.05) is 60.7 Å². The molecule has 3 aromatic carbocycles. The van der Waals surface area contributed by atoms with Crippen molar-refractivity contribution in [1.29, 1.82) is 5.26 Å². The summed E-state index contributed by atoms with van der Waals surface area (Å²) in [4.78, 5) is 11.4. The van der Waals surface area contributed by atoms with E-state index < -0.39 is 17.2 Å². The molecule has 5 N–H and O–H groups in total. The van der Waals surface area contributed by atoms with Crippen molar-refractivity contribution in [3.8, 4) is 6.07 Å². The van der Waals surface area contributed by atoms with Crippen LogP contribution in [-0.4, -0.2) is 30.7 Å². The molecule has 0 saturated carbocycles. The minimum absolute atomic E-state index is 0.124. The third-order valence-corrected chi connectivity index (χ3v) is 5.55. The fraction of sp³-hybridized carbons (Fsp3) is 0.286. The molecule has 0 atom stereocenters. The number of carboxylic acids is 1. The van der Waals surface area contributed by atoms with Gasteiger partial charge in [0.1, 0.15) is 11.9 Å². The van der Waals surface area contributed by atoms with Gasteiger partial charge in [0.05, 0.1) is 22.4 Å². The molecule has 184 valence electrons. The van der Waals surface area contributed by atoms with Crippen LogP contribution in [0.15, 0.2) is 72.8 Å². The number of nitrogen functional groups attached to an aromatic ring is 1. The standard InChI is InChI=1S/C22H27FN4O2.C6H6/c1-22(2,21(28)29)17-6-3-5-15(11-17)7-10-26-8-4-9-27-19-13-18(23)12-16(14-24)20(19)25;1-2-4-6-5-3-1/h3,5-6,11-13,26-27H,4,7-10,25H2,1-2H3,(H,28,29);1-6H. The average molecular weight is 477 g/mol. The van der Waals surface area contributed by atoms with Crippen LogP contribution in [0.4, 0.5) is 15.8 Å². The van der Waals surface area contributed by atoms with Gasteiger partial charge in [-0.3, -0.25) is 4.79 Å². The zero-order valence-corrected chi connectivity index (χ0v) is 20.2. The average Bonchev–Trinajstić information content (AvgIpc) is 2.86. The van der Waals surface area contributed by atoms with Crippen molar-refractivity contribution in [2.45, 2.75) is 32.1 Å². The molecule has 0 unspecified atom stereocenters. The third kappa shape index (κ3) is 8.76. The molecular weight excluding hydrogens is 443 g/mol. The molecule has 7 heteroatoms. The fourth-order valence-electron chi connectivity index (χ4n) is 3.27. The quantitative estimate of drug-likeness (QED) is 0.243. The lowest BCUT2D eigenvalue weighted by atomic mass is 9.84. The summed E-state index contributed by atoms with van der Waals surface area (Å²) in [5.41, 5.74) is 7.61. The molecule has 0 bridgehead atoms. The second kappa shape index (κ2) is 13.7. The van der Waals surface area contributed by atoms with Crippen molar-refractivity contribution in [2.24, 2.45) is 0 Å². The van der Waals surface area contributed by atoms with E-state index >= 15 is 0 Å². The third-order valence-electron chi connectivity index (χ3n) is 5.55. The predicted octanol–water partition coefficient (Wildman–Crippen LogP) is 4.96. The van der Waals surface area contributed by atoms with E-state index in [0.29, 0.717) is 12.2 Å². The Morgan fingerprint density at radius 3 is 2.29 bits per heavy atom. The van der Waals surface area contributed by atoms with Crippen molar-refractivity contribution >= 4 is 17.3 Å². The maximum Gasteiger partial charge on any atom is 0.313 e. The number of aliphatic carboxylic acids is 1. The highest BCUT2D eigenvalue weighted by Gasteiger charge is 2.29. The number of hydrogen-bond donors (Lipinski definition) is 4. The van der Waals surface area contributed by atoms with Gasteiger partial charge in [-0.05, 0) is 63.0 Å². The van der Waals surface area contributed by atoms with E-state index in [-0.39, 0.29) is 11.3 Å². The maximum atomic E-state index is 13.5. The molecule has 0 fully saturated rings. The molecule has 0 aliphatic carbocycles. The molecule has 0 heterocycles. The molecule has 0 aliphatic heterocycles. The number of benzene rings is 3. The van der Waals surface area contributed by atoms with Gasteiger partial charge in [0.2, 0.25) is 0 Å². The Hall–Kier alpha value is -3.89. The lowest BCUT2D eigenvalue weighted by molar-refractivity contribution is -0.142. The summed E-state index contributed by atoms with van der Waals surface area (Å²) in [7, 11) is 0.